The second kappa shape index (κ2) is 6.17. The molecule has 2 aromatic rings. The zero-order valence-corrected chi connectivity index (χ0v) is 12.8. The van der Waals surface area contributed by atoms with Gasteiger partial charge in [0.05, 0.1) is 12.8 Å². The predicted molar refractivity (Wildman–Crippen MR) is 80.9 cm³/mol. The van der Waals surface area contributed by atoms with Gasteiger partial charge in [0.1, 0.15) is 17.7 Å². The van der Waals surface area contributed by atoms with E-state index in [1.807, 2.05) is 19.9 Å². The Morgan fingerprint density at radius 3 is 3.00 bits per heavy atom. The average molecular weight is 301 g/mol. The molecule has 3 heterocycles. The fourth-order valence-electron chi connectivity index (χ4n) is 2.71. The Morgan fingerprint density at radius 1 is 1.41 bits per heavy atom. The Morgan fingerprint density at radius 2 is 2.27 bits per heavy atom. The molecule has 1 saturated heterocycles. The molecule has 0 radical (unpaired) electrons. The standard InChI is InChI=1S/C16H19N3O3/c1-11-9-15(18-12(2)17-11)19-7-3-5-13(10-19)22-16(20)14-6-4-8-21-14/h4,6,8-9,13H,3,5,7,10H2,1-2H3/t13-/m0/s1. The first-order chi connectivity index (χ1) is 10.6. The van der Waals surface area contributed by atoms with Gasteiger partial charge in [-0.3, -0.25) is 0 Å². The molecule has 6 heteroatoms. The summed E-state index contributed by atoms with van der Waals surface area (Å²) >= 11 is 0. The summed E-state index contributed by atoms with van der Waals surface area (Å²) < 4.78 is 10.6. The van der Waals surface area contributed by atoms with E-state index in [-0.39, 0.29) is 11.9 Å². The smallest absolute Gasteiger partial charge is 0.374 e. The summed E-state index contributed by atoms with van der Waals surface area (Å²) in [6.45, 7) is 5.39. The van der Waals surface area contributed by atoms with Gasteiger partial charge in [0.15, 0.2) is 0 Å². The van der Waals surface area contributed by atoms with Gasteiger partial charge in [-0.2, -0.15) is 0 Å². The van der Waals surface area contributed by atoms with Gasteiger partial charge in [-0.15, -0.1) is 0 Å². The first kappa shape index (κ1) is 14.6. The molecule has 0 bridgehead atoms. The number of piperidine rings is 1. The van der Waals surface area contributed by atoms with Crippen LogP contribution in [-0.2, 0) is 4.74 Å². The van der Waals surface area contributed by atoms with Crippen LogP contribution in [0, 0.1) is 13.8 Å². The van der Waals surface area contributed by atoms with Gasteiger partial charge in [0, 0.05) is 18.3 Å². The number of carbonyl (C=O) groups excluding carboxylic acids is 1. The number of esters is 1. The van der Waals surface area contributed by atoms with E-state index in [1.165, 1.54) is 6.26 Å². The molecule has 1 atom stereocenters. The number of rotatable bonds is 3. The highest BCUT2D eigenvalue weighted by atomic mass is 16.6. The second-order valence-electron chi connectivity index (χ2n) is 5.51. The molecule has 0 amide bonds. The van der Waals surface area contributed by atoms with Crippen LogP contribution in [0.1, 0.15) is 34.9 Å². The topological polar surface area (TPSA) is 68.5 Å². The van der Waals surface area contributed by atoms with Crippen LogP contribution in [0.15, 0.2) is 28.9 Å². The predicted octanol–water partition coefficient (Wildman–Crippen LogP) is 2.51. The van der Waals surface area contributed by atoms with Crippen LogP contribution >= 0.6 is 0 Å². The molecule has 0 aromatic carbocycles. The number of aromatic nitrogens is 2. The van der Waals surface area contributed by atoms with Crippen molar-refractivity contribution in [3.63, 3.8) is 0 Å². The van der Waals surface area contributed by atoms with Gasteiger partial charge in [-0.05, 0) is 38.8 Å². The van der Waals surface area contributed by atoms with Crippen molar-refractivity contribution in [2.45, 2.75) is 32.8 Å². The summed E-state index contributed by atoms with van der Waals surface area (Å²) in [7, 11) is 0. The summed E-state index contributed by atoms with van der Waals surface area (Å²) in [6.07, 6.45) is 3.13. The SMILES string of the molecule is Cc1cc(N2CCC[C@H](OC(=O)c3ccco3)C2)nc(C)n1. The van der Waals surface area contributed by atoms with Gasteiger partial charge in [0.2, 0.25) is 5.76 Å². The molecule has 2 aromatic heterocycles. The van der Waals surface area contributed by atoms with Crippen molar-refractivity contribution in [3.05, 3.63) is 41.7 Å². The molecule has 0 N–H and O–H groups in total. The third-order valence-electron chi connectivity index (χ3n) is 3.65. The number of hydrogen-bond acceptors (Lipinski definition) is 6. The first-order valence-corrected chi connectivity index (χ1v) is 7.43. The molecule has 6 nitrogen and oxygen atoms in total. The third kappa shape index (κ3) is 3.27. The summed E-state index contributed by atoms with van der Waals surface area (Å²) in [6, 6.07) is 5.25. The number of ether oxygens (including phenoxy) is 1. The minimum atomic E-state index is -0.410. The van der Waals surface area contributed by atoms with Crippen LogP contribution in [0.4, 0.5) is 5.82 Å². The number of nitrogens with zero attached hydrogens (tertiary/aromatic N) is 3. The van der Waals surface area contributed by atoms with Crippen molar-refractivity contribution in [2.24, 2.45) is 0 Å². The van der Waals surface area contributed by atoms with E-state index >= 15 is 0 Å². The van der Waals surface area contributed by atoms with Gasteiger partial charge in [-0.1, -0.05) is 0 Å². The average Bonchev–Trinajstić information content (AvgIpc) is 3.01. The fraction of sp³-hybridized carbons (Fsp3) is 0.438. The molecule has 1 aliphatic rings. The van der Waals surface area contributed by atoms with Crippen molar-refractivity contribution in [1.29, 1.82) is 0 Å². The van der Waals surface area contributed by atoms with E-state index < -0.39 is 5.97 Å². The minimum absolute atomic E-state index is 0.151. The summed E-state index contributed by atoms with van der Waals surface area (Å²) in [5.41, 5.74) is 0.942. The lowest BCUT2D eigenvalue weighted by Crippen LogP contribution is -2.41. The molecule has 116 valence electrons. The van der Waals surface area contributed by atoms with Crippen LogP contribution < -0.4 is 4.90 Å². The molecule has 3 rings (SSSR count). The molecular weight excluding hydrogens is 282 g/mol. The maximum absolute atomic E-state index is 12.0. The number of furan rings is 1. The van der Waals surface area contributed by atoms with E-state index in [0.29, 0.717) is 6.54 Å². The van der Waals surface area contributed by atoms with E-state index in [0.717, 1.165) is 36.7 Å². The molecule has 0 unspecified atom stereocenters. The normalized spacial score (nSPS) is 18.3. The zero-order valence-electron chi connectivity index (χ0n) is 12.8. The Labute approximate surface area is 129 Å². The summed E-state index contributed by atoms with van der Waals surface area (Å²) in [4.78, 5) is 22.9. The Kier molecular flexibility index (Phi) is 4.09. The minimum Gasteiger partial charge on any atom is -0.457 e. The molecule has 0 aliphatic carbocycles. The van der Waals surface area contributed by atoms with Gasteiger partial charge >= 0.3 is 5.97 Å². The van der Waals surface area contributed by atoms with E-state index in [1.54, 1.807) is 12.1 Å². The highest BCUT2D eigenvalue weighted by Gasteiger charge is 2.25. The van der Waals surface area contributed by atoms with Gasteiger partial charge < -0.3 is 14.1 Å². The Bertz CT molecular complexity index is 634. The van der Waals surface area contributed by atoms with Gasteiger partial charge in [0.25, 0.3) is 0 Å². The number of carbonyl (C=O) groups is 1. The van der Waals surface area contributed by atoms with Crippen molar-refractivity contribution in [3.8, 4) is 0 Å². The highest BCUT2D eigenvalue weighted by Crippen LogP contribution is 2.21. The van der Waals surface area contributed by atoms with Crippen LogP contribution in [-0.4, -0.2) is 35.1 Å². The Hall–Kier alpha value is -2.37. The first-order valence-electron chi connectivity index (χ1n) is 7.43. The second-order valence-corrected chi connectivity index (χ2v) is 5.51. The van der Waals surface area contributed by atoms with Crippen LogP contribution in [0.3, 0.4) is 0 Å². The number of aryl methyl sites for hydroxylation is 2. The Balaban J connectivity index is 1.67. The lowest BCUT2D eigenvalue weighted by Gasteiger charge is -2.33. The monoisotopic (exact) mass is 301 g/mol. The maximum atomic E-state index is 12.0. The fourth-order valence-corrected chi connectivity index (χ4v) is 2.71. The summed E-state index contributed by atoms with van der Waals surface area (Å²) in [5, 5.41) is 0. The van der Waals surface area contributed by atoms with Crippen LogP contribution in [0.5, 0.6) is 0 Å². The van der Waals surface area contributed by atoms with Crippen molar-refractivity contribution in [1.82, 2.24) is 9.97 Å². The lowest BCUT2D eigenvalue weighted by atomic mass is 10.1. The molecule has 22 heavy (non-hydrogen) atoms. The number of hydrogen-bond donors (Lipinski definition) is 0. The molecule has 1 aliphatic heterocycles. The van der Waals surface area contributed by atoms with Crippen molar-refractivity contribution in [2.75, 3.05) is 18.0 Å². The largest absolute Gasteiger partial charge is 0.457 e. The molecule has 0 spiro atoms. The van der Waals surface area contributed by atoms with E-state index in [2.05, 4.69) is 14.9 Å². The van der Waals surface area contributed by atoms with Gasteiger partial charge in [-0.25, -0.2) is 14.8 Å². The lowest BCUT2D eigenvalue weighted by molar-refractivity contribution is 0.0234. The maximum Gasteiger partial charge on any atom is 0.374 e. The zero-order chi connectivity index (χ0) is 15.5. The van der Waals surface area contributed by atoms with Crippen molar-refractivity contribution < 1.29 is 13.9 Å². The highest BCUT2D eigenvalue weighted by molar-refractivity contribution is 5.86. The summed E-state index contributed by atoms with van der Waals surface area (Å²) in [5.74, 6) is 1.48. The quantitative estimate of drug-likeness (QED) is 0.811. The molecular formula is C16H19N3O3. The van der Waals surface area contributed by atoms with Crippen molar-refractivity contribution >= 4 is 11.8 Å². The van der Waals surface area contributed by atoms with Crippen LogP contribution in [0.2, 0.25) is 0 Å². The van der Waals surface area contributed by atoms with Crippen LogP contribution in [0.25, 0.3) is 0 Å². The molecule has 0 saturated carbocycles. The van der Waals surface area contributed by atoms with E-state index in [9.17, 15) is 4.79 Å². The molecule has 1 fully saturated rings. The van der Waals surface area contributed by atoms with E-state index in [4.69, 9.17) is 9.15 Å². The number of anilines is 1. The third-order valence-corrected chi connectivity index (χ3v) is 3.65.